The maximum Gasteiger partial charge on any atom is 0.308 e. The molecule has 27 heavy (non-hydrogen) atoms. The van der Waals surface area contributed by atoms with E-state index in [1.54, 1.807) is 4.90 Å². The number of amides is 1. The number of piperidine rings is 1. The summed E-state index contributed by atoms with van der Waals surface area (Å²) in [5.41, 5.74) is 2.35. The number of rotatable bonds is 6. The number of nitrogens with zero attached hydrogens (tertiary/aromatic N) is 1. The topological polar surface area (TPSA) is 57.6 Å². The molecule has 1 amide bonds. The molecule has 0 aliphatic carbocycles. The van der Waals surface area contributed by atoms with E-state index in [-0.39, 0.29) is 17.9 Å². The monoisotopic (exact) mass is 365 g/mol. The lowest BCUT2D eigenvalue weighted by Crippen LogP contribution is -2.47. The van der Waals surface area contributed by atoms with Gasteiger partial charge in [-0.3, -0.25) is 9.59 Å². The SMILES string of the molecule is CC1CCC(C(=O)O)CN1C(=O)CC(Cc1ccccc1)c1ccccc1. The van der Waals surface area contributed by atoms with Gasteiger partial charge in [0, 0.05) is 19.0 Å². The van der Waals surface area contributed by atoms with Crippen molar-refractivity contribution in [1.82, 2.24) is 4.90 Å². The Balaban J connectivity index is 1.76. The predicted octanol–water partition coefficient (Wildman–Crippen LogP) is 4.11. The van der Waals surface area contributed by atoms with Crippen LogP contribution in [0.2, 0.25) is 0 Å². The van der Waals surface area contributed by atoms with Crippen LogP contribution in [0.1, 0.15) is 43.2 Å². The summed E-state index contributed by atoms with van der Waals surface area (Å²) in [5, 5.41) is 9.34. The molecule has 0 saturated carbocycles. The highest BCUT2D eigenvalue weighted by Crippen LogP contribution is 2.28. The molecular weight excluding hydrogens is 338 g/mol. The van der Waals surface area contributed by atoms with Gasteiger partial charge in [-0.2, -0.15) is 0 Å². The fourth-order valence-electron chi connectivity index (χ4n) is 3.92. The first-order chi connectivity index (χ1) is 13.0. The second-order valence-electron chi connectivity index (χ2n) is 7.51. The van der Waals surface area contributed by atoms with Crippen molar-refractivity contribution >= 4 is 11.9 Å². The molecular formula is C23H27NO3. The van der Waals surface area contributed by atoms with Gasteiger partial charge in [-0.25, -0.2) is 0 Å². The third-order valence-corrected chi connectivity index (χ3v) is 5.57. The average Bonchev–Trinajstić information content (AvgIpc) is 2.69. The largest absolute Gasteiger partial charge is 0.481 e. The number of carbonyl (C=O) groups is 2. The molecule has 1 aliphatic rings. The van der Waals surface area contributed by atoms with Crippen molar-refractivity contribution in [1.29, 1.82) is 0 Å². The van der Waals surface area contributed by atoms with Crippen molar-refractivity contribution in [3.05, 3.63) is 71.8 Å². The molecule has 2 aromatic carbocycles. The second kappa shape index (κ2) is 8.85. The lowest BCUT2D eigenvalue weighted by Gasteiger charge is -2.37. The smallest absolute Gasteiger partial charge is 0.308 e. The van der Waals surface area contributed by atoms with Crippen LogP contribution in [0.15, 0.2) is 60.7 Å². The number of hydrogen-bond donors (Lipinski definition) is 1. The van der Waals surface area contributed by atoms with Crippen LogP contribution in [0, 0.1) is 5.92 Å². The first kappa shape index (κ1) is 19.2. The van der Waals surface area contributed by atoms with Gasteiger partial charge >= 0.3 is 5.97 Å². The Morgan fingerprint density at radius 2 is 1.67 bits per heavy atom. The van der Waals surface area contributed by atoms with Crippen molar-refractivity contribution in [2.24, 2.45) is 5.92 Å². The first-order valence-corrected chi connectivity index (χ1v) is 9.65. The van der Waals surface area contributed by atoms with Gasteiger partial charge in [-0.1, -0.05) is 60.7 Å². The fraction of sp³-hybridized carbons (Fsp3) is 0.391. The molecule has 2 aromatic rings. The van der Waals surface area contributed by atoms with E-state index in [1.165, 1.54) is 5.56 Å². The highest BCUT2D eigenvalue weighted by molar-refractivity contribution is 5.79. The first-order valence-electron chi connectivity index (χ1n) is 9.65. The Labute approximate surface area is 160 Å². The van der Waals surface area contributed by atoms with Crippen LogP contribution in [0.5, 0.6) is 0 Å². The molecule has 0 bridgehead atoms. The third-order valence-electron chi connectivity index (χ3n) is 5.57. The van der Waals surface area contributed by atoms with Gasteiger partial charge in [-0.05, 0) is 43.2 Å². The molecule has 1 saturated heterocycles. The molecule has 142 valence electrons. The van der Waals surface area contributed by atoms with E-state index in [1.807, 2.05) is 43.3 Å². The van der Waals surface area contributed by atoms with Gasteiger partial charge < -0.3 is 10.0 Å². The van der Waals surface area contributed by atoms with Crippen LogP contribution in [-0.4, -0.2) is 34.5 Å². The fourth-order valence-corrected chi connectivity index (χ4v) is 3.92. The lowest BCUT2D eigenvalue weighted by molar-refractivity contribution is -0.147. The van der Waals surface area contributed by atoms with Crippen LogP contribution < -0.4 is 0 Å². The van der Waals surface area contributed by atoms with E-state index < -0.39 is 11.9 Å². The number of likely N-dealkylation sites (tertiary alicyclic amines) is 1. The van der Waals surface area contributed by atoms with Gasteiger partial charge in [0.25, 0.3) is 0 Å². The maximum atomic E-state index is 13.1. The predicted molar refractivity (Wildman–Crippen MR) is 105 cm³/mol. The third kappa shape index (κ3) is 4.97. The summed E-state index contributed by atoms with van der Waals surface area (Å²) in [4.78, 5) is 26.2. The molecule has 3 unspecified atom stereocenters. The lowest BCUT2D eigenvalue weighted by atomic mass is 9.87. The van der Waals surface area contributed by atoms with E-state index in [9.17, 15) is 14.7 Å². The van der Waals surface area contributed by atoms with E-state index >= 15 is 0 Å². The highest BCUT2D eigenvalue weighted by Gasteiger charge is 2.33. The van der Waals surface area contributed by atoms with Crippen molar-refractivity contribution in [2.75, 3.05) is 6.54 Å². The molecule has 3 atom stereocenters. The standard InChI is InChI=1S/C23H27NO3/c1-17-12-13-20(23(26)27)16-24(17)22(25)15-21(19-10-6-3-7-11-19)14-18-8-4-2-5-9-18/h2-11,17,20-21H,12-16H2,1H3,(H,26,27). The summed E-state index contributed by atoms with van der Waals surface area (Å²) in [6, 6.07) is 20.4. The number of benzene rings is 2. The minimum atomic E-state index is -0.802. The second-order valence-corrected chi connectivity index (χ2v) is 7.51. The summed E-state index contributed by atoms with van der Waals surface area (Å²) >= 11 is 0. The zero-order valence-electron chi connectivity index (χ0n) is 15.8. The van der Waals surface area contributed by atoms with E-state index in [0.717, 1.165) is 18.4 Å². The van der Waals surface area contributed by atoms with Crippen LogP contribution in [0.4, 0.5) is 0 Å². The van der Waals surface area contributed by atoms with E-state index in [4.69, 9.17) is 0 Å². The molecule has 1 aliphatic heterocycles. The Bertz CT molecular complexity index is 760. The molecule has 1 fully saturated rings. The summed E-state index contributed by atoms with van der Waals surface area (Å²) in [6.45, 7) is 2.34. The van der Waals surface area contributed by atoms with Crippen molar-refractivity contribution in [3.8, 4) is 0 Å². The van der Waals surface area contributed by atoms with Gasteiger partial charge in [0.05, 0.1) is 5.92 Å². The highest BCUT2D eigenvalue weighted by atomic mass is 16.4. The van der Waals surface area contributed by atoms with Gasteiger partial charge in [0.15, 0.2) is 0 Å². The molecule has 1 heterocycles. The number of aliphatic carboxylic acids is 1. The van der Waals surface area contributed by atoms with E-state index in [2.05, 4.69) is 24.3 Å². The molecule has 0 aromatic heterocycles. The average molecular weight is 365 g/mol. The maximum absolute atomic E-state index is 13.1. The van der Waals surface area contributed by atoms with Crippen molar-refractivity contribution < 1.29 is 14.7 Å². The molecule has 1 N–H and O–H groups in total. The van der Waals surface area contributed by atoms with Gasteiger partial charge in [-0.15, -0.1) is 0 Å². The van der Waals surface area contributed by atoms with Crippen LogP contribution in [-0.2, 0) is 16.0 Å². The molecule has 4 heteroatoms. The normalized spacial score (nSPS) is 20.9. The summed E-state index contributed by atoms with van der Waals surface area (Å²) < 4.78 is 0. The van der Waals surface area contributed by atoms with Crippen LogP contribution in [0.3, 0.4) is 0 Å². The molecule has 4 nitrogen and oxygen atoms in total. The number of carboxylic acid groups (broad SMARTS) is 1. The van der Waals surface area contributed by atoms with Crippen LogP contribution >= 0.6 is 0 Å². The number of carboxylic acids is 1. The molecule has 0 spiro atoms. The van der Waals surface area contributed by atoms with Gasteiger partial charge in [0.1, 0.15) is 0 Å². The summed E-state index contributed by atoms with van der Waals surface area (Å²) in [7, 11) is 0. The quantitative estimate of drug-likeness (QED) is 0.838. The molecule has 0 radical (unpaired) electrons. The zero-order chi connectivity index (χ0) is 19.2. The van der Waals surface area contributed by atoms with E-state index in [0.29, 0.717) is 19.4 Å². The van der Waals surface area contributed by atoms with Crippen molar-refractivity contribution in [2.45, 2.75) is 44.6 Å². The Hall–Kier alpha value is -2.62. The number of hydrogen-bond acceptors (Lipinski definition) is 2. The minimum Gasteiger partial charge on any atom is -0.481 e. The zero-order valence-corrected chi connectivity index (χ0v) is 15.8. The Morgan fingerprint density at radius 1 is 1.04 bits per heavy atom. The van der Waals surface area contributed by atoms with Crippen molar-refractivity contribution in [3.63, 3.8) is 0 Å². The summed E-state index contributed by atoms with van der Waals surface area (Å²) in [6.07, 6.45) is 2.58. The van der Waals surface area contributed by atoms with Crippen LogP contribution in [0.25, 0.3) is 0 Å². The Kier molecular flexibility index (Phi) is 6.28. The minimum absolute atomic E-state index is 0.0539. The molecule has 3 rings (SSSR count). The van der Waals surface area contributed by atoms with Gasteiger partial charge in [0.2, 0.25) is 5.91 Å². The Morgan fingerprint density at radius 3 is 2.30 bits per heavy atom. The number of carbonyl (C=O) groups excluding carboxylic acids is 1. The summed E-state index contributed by atoms with van der Waals surface area (Å²) in [5.74, 6) is -1.12.